The van der Waals surface area contributed by atoms with Crippen LogP contribution in [0.2, 0.25) is 0 Å². The molecule has 0 atom stereocenters. The molecule has 1 amide bonds. The number of nitrogens with one attached hydrogen (secondary N) is 1. The van der Waals surface area contributed by atoms with E-state index >= 15 is 0 Å². The van der Waals surface area contributed by atoms with Crippen LogP contribution in [0.3, 0.4) is 0 Å². The molecule has 0 radical (unpaired) electrons. The van der Waals surface area contributed by atoms with Crippen LogP contribution in [-0.4, -0.2) is 27.1 Å². The van der Waals surface area contributed by atoms with Gasteiger partial charge in [-0.05, 0) is 67.8 Å². The molecule has 26 heavy (non-hydrogen) atoms. The molecule has 0 aliphatic carbocycles. The number of benzene rings is 2. The number of hydrogen-bond donors (Lipinski definition) is 1. The smallest absolute Gasteiger partial charge is 0.232 e. The number of nitrogens with zero attached hydrogens (tertiary/aromatic N) is 1. The highest BCUT2D eigenvalue weighted by Crippen LogP contribution is 2.19. The minimum Gasteiger partial charge on any atom is -0.326 e. The van der Waals surface area contributed by atoms with E-state index in [-0.39, 0.29) is 18.9 Å². The van der Waals surface area contributed by atoms with Gasteiger partial charge in [-0.25, -0.2) is 12.8 Å². The van der Waals surface area contributed by atoms with Crippen LogP contribution in [0.25, 0.3) is 0 Å². The maximum atomic E-state index is 13.0. The van der Waals surface area contributed by atoms with Crippen LogP contribution in [-0.2, 0) is 14.8 Å². The Kier molecular flexibility index (Phi) is 6.37. The molecule has 7 heteroatoms. The summed E-state index contributed by atoms with van der Waals surface area (Å²) in [6.07, 6.45) is 1.62. The number of halogens is 1. The van der Waals surface area contributed by atoms with Crippen LogP contribution in [0.5, 0.6) is 0 Å². The fraction of sp³-hybridized carbons (Fsp3) is 0.316. The Labute approximate surface area is 153 Å². The van der Waals surface area contributed by atoms with E-state index in [0.29, 0.717) is 12.1 Å². The molecule has 140 valence electrons. The number of sulfonamides is 1. The Balaban J connectivity index is 1.96. The van der Waals surface area contributed by atoms with E-state index in [0.717, 1.165) is 23.1 Å². The van der Waals surface area contributed by atoms with Crippen molar-refractivity contribution in [3.8, 4) is 0 Å². The SMILES string of the molecule is Cc1cc(C)cc(NC(=O)CCCN(c2ccc(F)cc2)S(C)(=O)=O)c1. The molecule has 0 unspecified atom stereocenters. The minimum atomic E-state index is -3.52. The maximum absolute atomic E-state index is 13.0. The summed E-state index contributed by atoms with van der Waals surface area (Å²) >= 11 is 0. The van der Waals surface area contributed by atoms with Crippen LogP contribution in [0.4, 0.5) is 15.8 Å². The Bertz CT molecular complexity index is 860. The molecule has 0 fully saturated rings. The second-order valence-electron chi connectivity index (χ2n) is 6.34. The summed E-state index contributed by atoms with van der Waals surface area (Å²) in [5.74, 6) is -0.613. The van der Waals surface area contributed by atoms with E-state index in [9.17, 15) is 17.6 Å². The lowest BCUT2D eigenvalue weighted by molar-refractivity contribution is -0.116. The molecule has 0 heterocycles. The molecule has 2 aromatic rings. The van der Waals surface area contributed by atoms with Crippen molar-refractivity contribution < 1.29 is 17.6 Å². The first-order valence-electron chi connectivity index (χ1n) is 8.26. The lowest BCUT2D eigenvalue weighted by Gasteiger charge is -2.22. The topological polar surface area (TPSA) is 66.5 Å². The molecule has 5 nitrogen and oxygen atoms in total. The van der Waals surface area contributed by atoms with Gasteiger partial charge in [0, 0.05) is 18.7 Å². The number of hydrogen-bond acceptors (Lipinski definition) is 3. The van der Waals surface area contributed by atoms with Crippen molar-refractivity contribution in [2.75, 3.05) is 22.4 Å². The molecular weight excluding hydrogens is 355 g/mol. The Hall–Kier alpha value is -2.41. The molecule has 2 rings (SSSR count). The molecule has 0 aromatic heterocycles. The largest absolute Gasteiger partial charge is 0.326 e. The highest BCUT2D eigenvalue weighted by atomic mass is 32.2. The van der Waals surface area contributed by atoms with E-state index in [2.05, 4.69) is 5.32 Å². The molecule has 0 aliphatic heterocycles. The van der Waals surface area contributed by atoms with E-state index in [1.807, 2.05) is 32.0 Å². The second-order valence-corrected chi connectivity index (χ2v) is 8.25. The number of aryl methyl sites for hydroxylation is 2. The van der Waals surface area contributed by atoms with Gasteiger partial charge < -0.3 is 5.32 Å². The molecular formula is C19H23FN2O3S. The molecule has 0 aliphatic rings. The summed E-state index contributed by atoms with van der Waals surface area (Å²) in [4.78, 5) is 12.1. The van der Waals surface area contributed by atoms with E-state index < -0.39 is 15.8 Å². The zero-order chi connectivity index (χ0) is 19.3. The van der Waals surface area contributed by atoms with Gasteiger partial charge in [0.15, 0.2) is 0 Å². The van der Waals surface area contributed by atoms with Gasteiger partial charge in [-0.1, -0.05) is 6.07 Å². The predicted octanol–water partition coefficient (Wildman–Crippen LogP) is 3.63. The molecule has 0 bridgehead atoms. The Morgan fingerprint density at radius 3 is 2.19 bits per heavy atom. The summed E-state index contributed by atoms with van der Waals surface area (Å²) in [5, 5.41) is 2.83. The molecule has 2 aromatic carbocycles. The quantitative estimate of drug-likeness (QED) is 0.800. The lowest BCUT2D eigenvalue weighted by Crippen LogP contribution is -2.31. The van der Waals surface area contributed by atoms with Gasteiger partial charge in [0.05, 0.1) is 11.9 Å². The zero-order valence-electron chi connectivity index (χ0n) is 15.1. The monoisotopic (exact) mass is 378 g/mol. The van der Waals surface area contributed by atoms with Gasteiger partial charge in [0.2, 0.25) is 15.9 Å². The lowest BCUT2D eigenvalue weighted by atomic mass is 10.1. The Morgan fingerprint density at radius 1 is 1.08 bits per heavy atom. The molecule has 1 N–H and O–H groups in total. The number of amides is 1. The van der Waals surface area contributed by atoms with Crippen molar-refractivity contribution in [3.05, 3.63) is 59.4 Å². The second kappa shape index (κ2) is 8.31. The Morgan fingerprint density at radius 2 is 1.65 bits per heavy atom. The fourth-order valence-electron chi connectivity index (χ4n) is 2.75. The van der Waals surface area contributed by atoms with Gasteiger partial charge in [-0.2, -0.15) is 0 Å². The van der Waals surface area contributed by atoms with Crippen LogP contribution in [0.1, 0.15) is 24.0 Å². The maximum Gasteiger partial charge on any atom is 0.232 e. The first-order valence-corrected chi connectivity index (χ1v) is 10.1. The summed E-state index contributed by atoms with van der Waals surface area (Å²) in [6.45, 7) is 4.05. The standard InChI is InChI=1S/C19H23FN2O3S/c1-14-11-15(2)13-17(12-14)21-19(23)5-4-10-22(26(3,24)25)18-8-6-16(20)7-9-18/h6-9,11-13H,4-5,10H2,1-3H3,(H,21,23). The van der Waals surface area contributed by atoms with E-state index in [1.54, 1.807) is 0 Å². The van der Waals surface area contributed by atoms with E-state index in [4.69, 9.17) is 0 Å². The first-order chi connectivity index (χ1) is 12.1. The average molecular weight is 378 g/mol. The summed E-state index contributed by atoms with van der Waals surface area (Å²) in [6, 6.07) is 11.0. The zero-order valence-corrected chi connectivity index (χ0v) is 15.9. The van der Waals surface area contributed by atoms with Gasteiger partial charge in [0.25, 0.3) is 0 Å². The van der Waals surface area contributed by atoms with Crippen LogP contribution < -0.4 is 9.62 Å². The van der Waals surface area contributed by atoms with Gasteiger partial charge in [-0.15, -0.1) is 0 Å². The highest BCUT2D eigenvalue weighted by molar-refractivity contribution is 7.92. The minimum absolute atomic E-state index is 0.144. The van der Waals surface area contributed by atoms with Crippen LogP contribution in [0, 0.1) is 19.7 Å². The predicted molar refractivity (Wildman–Crippen MR) is 102 cm³/mol. The average Bonchev–Trinajstić information content (AvgIpc) is 2.50. The third-order valence-electron chi connectivity index (χ3n) is 3.79. The molecule has 0 saturated carbocycles. The fourth-order valence-corrected chi connectivity index (χ4v) is 3.71. The normalized spacial score (nSPS) is 11.2. The number of anilines is 2. The van der Waals surface area contributed by atoms with Gasteiger partial charge in [-0.3, -0.25) is 9.10 Å². The van der Waals surface area contributed by atoms with E-state index in [1.165, 1.54) is 28.6 Å². The van der Waals surface area contributed by atoms with Crippen molar-refractivity contribution in [3.63, 3.8) is 0 Å². The third-order valence-corrected chi connectivity index (χ3v) is 4.98. The van der Waals surface area contributed by atoms with Crippen molar-refractivity contribution >= 4 is 27.3 Å². The van der Waals surface area contributed by atoms with Gasteiger partial charge in [0.1, 0.15) is 5.82 Å². The summed E-state index contributed by atoms with van der Waals surface area (Å²) in [7, 11) is -3.52. The van der Waals surface area contributed by atoms with Crippen molar-refractivity contribution in [2.45, 2.75) is 26.7 Å². The number of carbonyl (C=O) groups is 1. The summed E-state index contributed by atoms with van der Waals surface area (Å²) < 4.78 is 38.2. The number of rotatable bonds is 7. The van der Waals surface area contributed by atoms with Crippen molar-refractivity contribution in [1.29, 1.82) is 0 Å². The number of carbonyl (C=O) groups excluding carboxylic acids is 1. The molecule has 0 saturated heterocycles. The third kappa shape index (κ3) is 5.84. The van der Waals surface area contributed by atoms with Crippen molar-refractivity contribution in [2.24, 2.45) is 0 Å². The van der Waals surface area contributed by atoms with Crippen LogP contribution in [0.15, 0.2) is 42.5 Å². The highest BCUT2D eigenvalue weighted by Gasteiger charge is 2.17. The van der Waals surface area contributed by atoms with Gasteiger partial charge >= 0.3 is 0 Å². The van der Waals surface area contributed by atoms with Crippen LogP contribution >= 0.6 is 0 Å². The summed E-state index contributed by atoms with van der Waals surface area (Å²) in [5.41, 5.74) is 3.22. The van der Waals surface area contributed by atoms with Crippen molar-refractivity contribution in [1.82, 2.24) is 0 Å². The first kappa shape index (κ1) is 19.9. The molecule has 0 spiro atoms.